The van der Waals surface area contributed by atoms with Crippen LogP contribution in [0.2, 0.25) is 0 Å². The Bertz CT molecular complexity index is 818. The first-order chi connectivity index (χ1) is 12.7. The molecule has 0 radical (unpaired) electrons. The van der Waals surface area contributed by atoms with E-state index in [1.54, 1.807) is 13.3 Å². The van der Waals surface area contributed by atoms with E-state index in [-0.39, 0.29) is 0 Å². The van der Waals surface area contributed by atoms with Crippen LogP contribution in [0.4, 0.5) is 0 Å². The third-order valence-corrected chi connectivity index (χ3v) is 3.96. The second-order valence-electron chi connectivity index (χ2n) is 6.04. The number of rotatable bonds is 9. The molecule has 1 N–H and O–H groups in total. The summed E-state index contributed by atoms with van der Waals surface area (Å²) >= 11 is 0. The minimum absolute atomic E-state index is 0.437. The molecule has 0 saturated carbocycles. The average molecular weight is 352 g/mol. The van der Waals surface area contributed by atoms with Gasteiger partial charge in [0.05, 0.1) is 25.5 Å². The zero-order chi connectivity index (χ0) is 18.2. The highest BCUT2D eigenvalue weighted by Crippen LogP contribution is 2.24. The minimum Gasteiger partial charge on any atom is -0.497 e. The van der Waals surface area contributed by atoms with Crippen LogP contribution in [0.5, 0.6) is 11.5 Å². The summed E-state index contributed by atoms with van der Waals surface area (Å²) in [6.45, 7) is 4.81. The van der Waals surface area contributed by atoms with Crippen LogP contribution < -0.4 is 14.8 Å². The van der Waals surface area contributed by atoms with E-state index in [4.69, 9.17) is 9.47 Å². The summed E-state index contributed by atoms with van der Waals surface area (Å²) in [4.78, 5) is 4.29. The van der Waals surface area contributed by atoms with Crippen LogP contribution in [0.1, 0.15) is 16.8 Å². The Hall–Kier alpha value is -2.86. The van der Waals surface area contributed by atoms with Gasteiger partial charge in [0.2, 0.25) is 0 Å². The fourth-order valence-electron chi connectivity index (χ4n) is 2.60. The number of aromatic nitrogens is 3. The van der Waals surface area contributed by atoms with Crippen molar-refractivity contribution >= 4 is 0 Å². The Morgan fingerprint density at radius 3 is 2.85 bits per heavy atom. The van der Waals surface area contributed by atoms with Crippen molar-refractivity contribution in [3.05, 3.63) is 71.8 Å². The van der Waals surface area contributed by atoms with Crippen molar-refractivity contribution < 1.29 is 9.47 Å². The smallest absolute Gasteiger partial charge is 0.130 e. The summed E-state index contributed by atoms with van der Waals surface area (Å²) in [5.74, 6) is 1.65. The molecule has 26 heavy (non-hydrogen) atoms. The summed E-state index contributed by atoms with van der Waals surface area (Å²) in [6.07, 6.45) is 5.67. The quantitative estimate of drug-likeness (QED) is 0.600. The molecule has 6 nitrogen and oxygen atoms in total. The molecule has 3 rings (SSSR count). The third-order valence-electron chi connectivity index (χ3n) is 3.96. The highest BCUT2D eigenvalue weighted by Gasteiger charge is 2.07. The molecule has 0 aliphatic rings. The van der Waals surface area contributed by atoms with Gasteiger partial charge in [-0.25, -0.2) is 0 Å². The van der Waals surface area contributed by atoms with Crippen LogP contribution in [-0.2, 0) is 19.7 Å². The molecule has 0 atom stereocenters. The SMILES string of the molecule is COc1ccc(OCc2ccccn2)c(CNCCn2cc(C)cn2)c1. The second kappa shape index (κ2) is 9.01. The van der Waals surface area contributed by atoms with Gasteiger partial charge < -0.3 is 14.8 Å². The van der Waals surface area contributed by atoms with Crippen LogP contribution in [0.3, 0.4) is 0 Å². The summed E-state index contributed by atoms with van der Waals surface area (Å²) in [6, 6.07) is 11.7. The van der Waals surface area contributed by atoms with Crippen LogP contribution in [0.15, 0.2) is 55.0 Å². The normalized spacial score (nSPS) is 10.7. The highest BCUT2D eigenvalue weighted by atomic mass is 16.5. The van der Waals surface area contributed by atoms with Gasteiger partial charge >= 0.3 is 0 Å². The molecular weight excluding hydrogens is 328 g/mol. The predicted octanol–water partition coefficient (Wildman–Crippen LogP) is 2.96. The molecule has 0 amide bonds. The molecule has 1 aromatic carbocycles. The maximum atomic E-state index is 5.97. The fraction of sp³-hybridized carbons (Fsp3) is 0.300. The molecule has 2 heterocycles. The maximum Gasteiger partial charge on any atom is 0.130 e. The van der Waals surface area contributed by atoms with Gasteiger partial charge in [-0.3, -0.25) is 9.67 Å². The van der Waals surface area contributed by atoms with Crippen LogP contribution >= 0.6 is 0 Å². The summed E-state index contributed by atoms with van der Waals surface area (Å²) in [7, 11) is 1.67. The van der Waals surface area contributed by atoms with E-state index in [1.165, 1.54) is 5.56 Å². The number of nitrogens with one attached hydrogen (secondary N) is 1. The molecule has 0 saturated heterocycles. The molecule has 6 heteroatoms. The Morgan fingerprint density at radius 1 is 1.19 bits per heavy atom. The first-order valence-corrected chi connectivity index (χ1v) is 8.64. The Balaban J connectivity index is 1.58. The number of ether oxygens (including phenoxy) is 2. The van der Waals surface area contributed by atoms with Gasteiger partial charge in [0, 0.05) is 31.0 Å². The number of aryl methyl sites for hydroxylation is 1. The van der Waals surface area contributed by atoms with Crippen molar-refractivity contribution in [1.82, 2.24) is 20.1 Å². The van der Waals surface area contributed by atoms with Gasteiger partial charge in [-0.15, -0.1) is 0 Å². The number of nitrogens with zero attached hydrogens (tertiary/aromatic N) is 3. The lowest BCUT2D eigenvalue weighted by Gasteiger charge is -2.13. The average Bonchev–Trinajstić information content (AvgIpc) is 3.10. The first kappa shape index (κ1) is 17.9. The van der Waals surface area contributed by atoms with Gasteiger partial charge in [0.25, 0.3) is 0 Å². The largest absolute Gasteiger partial charge is 0.497 e. The number of methoxy groups -OCH3 is 1. The summed E-state index contributed by atoms with van der Waals surface area (Å²) < 4.78 is 13.2. The monoisotopic (exact) mass is 352 g/mol. The fourth-order valence-corrected chi connectivity index (χ4v) is 2.60. The van der Waals surface area contributed by atoms with E-state index in [9.17, 15) is 0 Å². The van der Waals surface area contributed by atoms with Crippen molar-refractivity contribution in [1.29, 1.82) is 0 Å². The van der Waals surface area contributed by atoms with Gasteiger partial charge in [0.1, 0.15) is 18.1 Å². The molecule has 0 aliphatic heterocycles. The van der Waals surface area contributed by atoms with Crippen molar-refractivity contribution in [2.24, 2.45) is 0 Å². The summed E-state index contributed by atoms with van der Waals surface area (Å²) in [5.41, 5.74) is 3.12. The lowest BCUT2D eigenvalue weighted by atomic mass is 10.2. The highest BCUT2D eigenvalue weighted by molar-refractivity contribution is 5.40. The Labute approximate surface area is 153 Å². The third kappa shape index (κ3) is 5.07. The van der Waals surface area contributed by atoms with Gasteiger partial charge in [0.15, 0.2) is 0 Å². The van der Waals surface area contributed by atoms with Gasteiger partial charge in [-0.2, -0.15) is 5.10 Å². The zero-order valence-electron chi connectivity index (χ0n) is 15.2. The Kier molecular flexibility index (Phi) is 6.22. The number of pyridine rings is 1. The lowest BCUT2D eigenvalue weighted by Crippen LogP contribution is -2.20. The van der Waals surface area contributed by atoms with E-state index < -0.39 is 0 Å². The molecule has 0 aliphatic carbocycles. The molecule has 0 bridgehead atoms. The molecule has 0 fully saturated rings. The first-order valence-electron chi connectivity index (χ1n) is 8.64. The molecule has 0 unspecified atom stereocenters. The van der Waals surface area contributed by atoms with Crippen molar-refractivity contribution in [2.45, 2.75) is 26.6 Å². The molecule has 2 aromatic heterocycles. The van der Waals surface area contributed by atoms with Crippen molar-refractivity contribution in [3.8, 4) is 11.5 Å². The topological polar surface area (TPSA) is 61.2 Å². The Morgan fingerprint density at radius 2 is 2.12 bits per heavy atom. The summed E-state index contributed by atoms with van der Waals surface area (Å²) in [5, 5.41) is 7.73. The van der Waals surface area contributed by atoms with E-state index >= 15 is 0 Å². The molecular formula is C20H24N4O2. The van der Waals surface area contributed by atoms with Gasteiger partial charge in [-0.1, -0.05) is 6.07 Å². The second-order valence-corrected chi connectivity index (χ2v) is 6.04. The number of benzene rings is 1. The van der Waals surface area contributed by atoms with E-state index in [2.05, 4.69) is 15.4 Å². The molecule has 3 aromatic rings. The number of hydrogen-bond acceptors (Lipinski definition) is 5. The van der Waals surface area contributed by atoms with Gasteiger partial charge in [-0.05, 0) is 42.8 Å². The molecule has 136 valence electrons. The predicted molar refractivity (Wildman–Crippen MR) is 100 cm³/mol. The van der Waals surface area contributed by atoms with E-state index in [1.807, 2.05) is 60.4 Å². The standard InChI is InChI=1S/C20H24N4O2/c1-16-12-23-24(14-16)10-9-21-13-17-11-19(25-2)6-7-20(17)26-15-18-5-3-4-8-22-18/h3-8,11-12,14,21H,9-10,13,15H2,1-2H3. The molecule has 0 spiro atoms. The minimum atomic E-state index is 0.437. The van der Waals surface area contributed by atoms with E-state index in [0.717, 1.165) is 35.8 Å². The zero-order valence-corrected chi connectivity index (χ0v) is 15.2. The van der Waals surface area contributed by atoms with Crippen molar-refractivity contribution in [3.63, 3.8) is 0 Å². The number of hydrogen-bond donors (Lipinski definition) is 1. The maximum absolute atomic E-state index is 5.97. The van der Waals surface area contributed by atoms with Crippen molar-refractivity contribution in [2.75, 3.05) is 13.7 Å². The van der Waals surface area contributed by atoms with Crippen LogP contribution in [0, 0.1) is 6.92 Å². The lowest BCUT2D eigenvalue weighted by molar-refractivity contribution is 0.296. The van der Waals surface area contributed by atoms with E-state index in [0.29, 0.717) is 13.2 Å². The van der Waals surface area contributed by atoms with Crippen LogP contribution in [-0.4, -0.2) is 28.4 Å². The van der Waals surface area contributed by atoms with Crippen LogP contribution in [0.25, 0.3) is 0 Å².